The molecule has 4 nitrogen and oxygen atoms in total. The van der Waals surface area contributed by atoms with Gasteiger partial charge >= 0.3 is 6.61 Å². The van der Waals surface area contributed by atoms with Gasteiger partial charge in [0.2, 0.25) is 5.91 Å². The maximum absolute atomic E-state index is 12.3. The predicted octanol–water partition coefficient (Wildman–Crippen LogP) is 4.50. The van der Waals surface area contributed by atoms with Crippen molar-refractivity contribution in [3.8, 4) is 11.5 Å². The second-order valence-electron chi connectivity index (χ2n) is 5.71. The number of halogens is 2. The Morgan fingerprint density at radius 3 is 2.54 bits per heavy atom. The van der Waals surface area contributed by atoms with Crippen molar-refractivity contribution < 1.29 is 23.0 Å². The number of carbonyl (C=O) groups is 1. The van der Waals surface area contributed by atoms with Crippen LogP contribution in [0.25, 0.3) is 6.08 Å². The van der Waals surface area contributed by atoms with Crippen LogP contribution in [0.1, 0.15) is 29.7 Å². The molecule has 0 heterocycles. The van der Waals surface area contributed by atoms with Crippen LogP contribution in [-0.4, -0.2) is 19.6 Å². The summed E-state index contributed by atoms with van der Waals surface area (Å²) in [5.41, 5.74) is 2.77. The molecule has 1 unspecified atom stereocenters. The van der Waals surface area contributed by atoms with Gasteiger partial charge in [-0.3, -0.25) is 4.79 Å². The maximum atomic E-state index is 12.3. The Hall–Kier alpha value is -2.89. The van der Waals surface area contributed by atoms with Crippen molar-refractivity contribution >= 4 is 12.0 Å². The third kappa shape index (κ3) is 5.31. The smallest absolute Gasteiger partial charge is 0.387 e. The number of hydrogen-bond donors (Lipinski definition) is 1. The van der Waals surface area contributed by atoms with Crippen LogP contribution in [0.2, 0.25) is 0 Å². The number of hydrogen-bond acceptors (Lipinski definition) is 3. The van der Waals surface area contributed by atoms with Crippen molar-refractivity contribution in [2.75, 3.05) is 7.11 Å². The van der Waals surface area contributed by atoms with Gasteiger partial charge in [0, 0.05) is 6.08 Å². The predicted molar refractivity (Wildman–Crippen MR) is 96.4 cm³/mol. The average molecular weight is 361 g/mol. The molecule has 0 bridgehead atoms. The summed E-state index contributed by atoms with van der Waals surface area (Å²) in [6.45, 7) is 0.968. The number of carbonyl (C=O) groups excluding carboxylic acids is 1. The van der Waals surface area contributed by atoms with Gasteiger partial charge in [0.15, 0.2) is 11.5 Å². The lowest BCUT2D eigenvalue weighted by Gasteiger charge is -2.15. The van der Waals surface area contributed by atoms with Crippen molar-refractivity contribution in [1.82, 2.24) is 5.32 Å². The summed E-state index contributed by atoms with van der Waals surface area (Å²) in [6.07, 6.45) is 2.96. The molecule has 6 heteroatoms. The van der Waals surface area contributed by atoms with E-state index in [9.17, 15) is 13.6 Å². The quantitative estimate of drug-likeness (QED) is 0.739. The van der Waals surface area contributed by atoms with Crippen molar-refractivity contribution in [3.63, 3.8) is 0 Å². The largest absolute Gasteiger partial charge is 0.493 e. The van der Waals surface area contributed by atoms with Crippen LogP contribution in [0.3, 0.4) is 0 Å². The highest BCUT2D eigenvalue weighted by molar-refractivity contribution is 5.92. The number of amides is 1. The molecule has 2 rings (SSSR count). The molecule has 1 N–H and O–H groups in total. The van der Waals surface area contributed by atoms with Gasteiger partial charge in [0.25, 0.3) is 0 Å². The second kappa shape index (κ2) is 8.99. The number of nitrogens with one attached hydrogen (secondary N) is 1. The fourth-order valence-corrected chi connectivity index (χ4v) is 2.56. The average Bonchev–Trinajstić information content (AvgIpc) is 2.60. The third-order valence-electron chi connectivity index (χ3n) is 3.84. The van der Waals surface area contributed by atoms with E-state index in [1.807, 2.05) is 38.1 Å². The lowest BCUT2D eigenvalue weighted by atomic mass is 10.0. The van der Waals surface area contributed by atoms with Crippen LogP contribution < -0.4 is 14.8 Å². The molecular formula is C20H21F2NO3. The fraction of sp³-hybridized carbons (Fsp3) is 0.250. The molecule has 138 valence electrons. The van der Waals surface area contributed by atoms with Gasteiger partial charge in [-0.1, -0.05) is 30.3 Å². The molecule has 0 saturated carbocycles. The van der Waals surface area contributed by atoms with Crippen LogP contribution >= 0.6 is 0 Å². The molecule has 0 aromatic heterocycles. The highest BCUT2D eigenvalue weighted by Crippen LogP contribution is 2.29. The van der Waals surface area contributed by atoms with Crippen LogP contribution in [-0.2, 0) is 4.79 Å². The fourth-order valence-electron chi connectivity index (χ4n) is 2.56. The molecule has 0 saturated heterocycles. The minimum atomic E-state index is -2.93. The van der Waals surface area contributed by atoms with Crippen LogP contribution in [0.4, 0.5) is 8.78 Å². The highest BCUT2D eigenvalue weighted by Gasteiger charge is 2.11. The van der Waals surface area contributed by atoms with E-state index < -0.39 is 6.61 Å². The summed E-state index contributed by atoms with van der Waals surface area (Å²) in [7, 11) is 1.36. The zero-order valence-electron chi connectivity index (χ0n) is 14.8. The van der Waals surface area contributed by atoms with Gasteiger partial charge in [-0.05, 0) is 48.7 Å². The summed E-state index contributed by atoms with van der Waals surface area (Å²) in [5, 5.41) is 2.89. The first-order valence-electron chi connectivity index (χ1n) is 8.07. The summed E-state index contributed by atoms with van der Waals surface area (Å²) in [6, 6.07) is 12.2. The second-order valence-corrected chi connectivity index (χ2v) is 5.71. The van der Waals surface area contributed by atoms with Crippen molar-refractivity contribution in [3.05, 3.63) is 65.2 Å². The Morgan fingerprint density at radius 2 is 1.88 bits per heavy atom. The number of benzene rings is 2. The number of alkyl halides is 2. The van der Waals surface area contributed by atoms with E-state index in [2.05, 4.69) is 10.1 Å². The molecule has 0 radical (unpaired) electrons. The summed E-state index contributed by atoms with van der Waals surface area (Å²) in [5.74, 6) is -0.147. The number of rotatable bonds is 7. The number of methoxy groups -OCH3 is 1. The van der Waals surface area contributed by atoms with Crippen LogP contribution in [0.5, 0.6) is 11.5 Å². The van der Waals surface area contributed by atoms with E-state index in [0.29, 0.717) is 5.56 Å². The van der Waals surface area contributed by atoms with E-state index in [1.54, 1.807) is 12.1 Å². The van der Waals surface area contributed by atoms with Crippen molar-refractivity contribution in [1.29, 1.82) is 0 Å². The lowest BCUT2D eigenvalue weighted by molar-refractivity contribution is -0.117. The maximum Gasteiger partial charge on any atom is 0.387 e. The molecule has 1 amide bonds. The first-order valence-corrected chi connectivity index (χ1v) is 8.07. The summed E-state index contributed by atoms with van der Waals surface area (Å²) < 4.78 is 34.1. The minimum absolute atomic E-state index is 0.0581. The minimum Gasteiger partial charge on any atom is -0.493 e. The van der Waals surface area contributed by atoms with E-state index in [-0.39, 0.29) is 23.4 Å². The van der Waals surface area contributed by atoms with Gasteiger partial charge in [0.05, 0.1) is 13.2 Å². The Labute approximate surface area is 151 Å². The molecule has 0 aliphatic rings. The zero-order chi connectivity index (χ0) is 19.1. The van der Waals surface area contributed by atoms with Crippen molar-refractivity contribution in [2.45, 2.75) is 26.5 Å². The lowest BCUT2D eigenvalue weighted by Crippen LogP contribution is -2.25. The highest BCUT2D eigenvalue weighted by atomic mass is 19.3. The number of aryl methyl sites for hydroxylation is 1. The Kier molecular flexibility index (Phi) is 6.72. The monoisotopic (exact) mass is 361 g/mol. The van der Waals surface area contributed by atoms with Gasteiger partial charge in [0.1, 0.15) is 0 Å². The third-order valence-corrected chi connectivity index (χ3v) is 3.84. The Balaban J connectivity index is 2.04. The van der Waals surface area contributed by atoms with Gasteiger partial charge in [-0.2, -0.15) is 8.78 Å². The molecule has 26 heavy (non-hydrogen) atoms. The first-order chi connectivity index (χ1) is 12.4. The van der Waals surface area contributed by atoms with Crippen molar-refractivity contribution in [2.24, 2.45) is 0 Å². The zero-order valence-corrected chi connectivity index (χ0v) is 14.8. The summed E-state index contributed by atoms with van der Waals surface area (Å²) >= 11 is 0. The molecule has 2 aromatic carbocycles. The number of ether oxygens (including phenoxy) is 2. The molecule has 0 aliphatic carbocycles. The summed E-state index contributed by atoms with van der Waals surface area (Å²) in [4.78, 5) is 12.1. The van der Waals surface area contributed by atoms with E-state index in [4.69, 9.17) is 4.74 Å². The topological polar surface area (TPSA) is 47.6 Å². The Morgan fingerprint density at radius 1 is 1.15 bits per heavy atom. The molecular weight excluding hydrogens is 340 g/mol. The van der Waals surface area contributed by atoms with Gasteiger partial charge in [-0.15, -0.1) is 0 Å². The SMILES string of the molecule is COc1cc(/C=C/C(=O)NC(C)c2ccccc2C)ccc1OC(F)F. The van der Waals surface area contributed by atoms with Gasteiger partial charge in [-0.25, -0.2) is 0 Å². The first kappa shape index (κ1) is 19.4. The standard InChI is InChI=1S/C20H21F2NO3/c1-13-6-4-5-7-16(13)14(2)23-19(24)11-9-15-8-10-17(26-20(21)22)18(12-15)25-3/h4-12,14,20H,1-3H3,(H,23,24)/b11-9+. The molecule has 2 aromatic rings. The van der Waals surface area contributed by atoms with Crippen LogP contribution in [0.15, 0.2) is 48.5 Å². The normalized spacial score (nSPS) is 12.2. The molecule has 0 spiro atoms. The molecule has 0 aliphatic heterocycles. The molecule has 0 fully saturated rings. The van der Waals surface area contributed by atoms with Gasteiger partial charge < -0.3 is 14.8 Å². The molecule has 1 atom stereocenters. The van der Waals surface area contributed by atoms with Crippen LogP contribution in [0, 0.1) is 6.92 Å². The Bertz CT molecular complexity index is 790. The van der Waals surface area contributed by atoms with E-state index in [1.165, 1.54) is 25.3 Å². The van der Waals surface area contributed by atoms with E-state index in [0.717, 1.165) is 11.1 Å². The van der Waals surface area contributed by atoms with E-state index >= 15 is 0 Å².